The average Bonchev–Trinajstić information content (AvgIpc) is 3.28. The van der Waals surface area contributed by atoms with E-state index >= 15 is 0 Å². The van der Waals surface area contributed by atoms with Gasteiger partial charge in [-0.1, -0.05) is 54.6 Å². The van der Waals surface area contributed by atoms with E-state index in [1.165, 1.54) is 27.5 Å². The van der Waals surface area contributed by atoms with Crippen LogP contribution in [-0.4, -0.2) is 97.1 Å². The van der Waals surface area contributed by atoms with Crippen molar-refractivity contribution < 1.29 is 26.7 Å². The maximum atomic E-state index is 13.7. The number of hydrogen-bond acceptors (Lipinski definition) is 6. The van der Waals surface area contributed by atoms with Gasteiger partial charge in [0.2, 0.25) is 10.0 Å². The highest BCUT2D eigenvalue weighted by molar-refractivity contribution is 7.89. The Hall–Kier alpha value is -2.28. The summed E-state index contributed by atoms with van der Waals surface area (Å²) < 4.78 is 69.7. The number of hydrogen-bond donors (Lipinski definition) is 2. The molecule has 0 aromatic heterocycles. The van der Waals surface area contributed by atoms with E-state index in [1.807, 2.05) is 41.3 Å². The predicted molar refractivity (Wildman–Crippen MR) is 144 cm³/mol. The summed E-state index contributed by atoms with van der Waals surface area (Å²) in [7, 11) is -2.89. The van der Waals surface area contributed by atoms with Crippen LogP contribution in [0.5, 0.6) is 0 Å². The third-order valence-corrected chi connectivity index (χ3v) is 10.7. The second-order valence-corrected chi connectivity index (χ2v) is 13.0. The highest BCUT2D eigenvalue weighted by Gasteiger charge is 2.56. The third kappa shape index (κ3) is 5.16. The van der Waals surface area contributed by atoms with Crippen LogP contribution in [0.25, 0.3) is 11.1 Å². The molecule has 2 saturated heterocycles. The van der Waals surface area contributed by atoms with E-state index in [9.17, 15) is 26.7 Å². The number of fused-ring (bicyclic) bond motifs is 1. The van der Waals surface area contributed by atoms with E-state index in [2.05, 4.69) is 31.4 Å². The zero-order valence-corrected chi connectivity index (χ0v) is 23.1. The van der Waals surface area contributed by atoms with Crippen LogP contribution in [0.15, 0.2) is 54.6 Å². The normalized spacial score (nSPS) is 29.9. The van der Waals surface area contributed by atoms with Crippen LogP contribution in [0.1, 0.15) is 22.6 Å². The van der Waals surface area contributed by atoms with E-state index in [0.29, 0.717) is 6.54 Å². The largest absolute Gasteiger partial charge is 0.406 e. The van der Waals surface area contributed by atoms with Gasteiger partial charge in [0.1, 0.15) is 11.3 Å². The van der Waals surface area contributed by atoms with E-state index in [-0.39, 0.29) is 44.2 Å². The van der Waals surface area contributed by atoms with Gasteiger partial charge < -0.3 is 5.11 Å². The Morgan fingerprint density at radius 2 is 1.72 bits per heavy atom. The van der Waals surface area contributed by atoms with Crippen LogP contribution >= 0.6 is 0 Å². The summed E-state index contributed by atoms with van der Waals surface area (Å²) in [6.07, 6.45) is -1.19. The molecule has 0 radical (unpaired) electrons. The fourth-order valence-corrected chi connectivity index (χ4v) is 8.29. The molecule has 2 aromatic rings. The van der Waals surface area contributed by atoms with Crippen LogP contribution in [-0.2, 0) is 10.0 Å². The number of nitrogens with one attached hydrogen (secondary N) is 1. The molecule has 2 N–H and O–H groups in total. The summed E-state index contributed by atoms with van der Waals surface area (Å²) in [5.41, 5.74) is 7.85. The molecular weight excluding hydrogens is 529 g/mol. The second-order valence-electron chi connectivity index (χ2n) is 10.8. The molecule has 0 saturated carbocycles. The molecule has 5 unspecified atom stereocenters. The predicted octanol–water partition coefficient (Wildman–Crippen LogP) is 3.05. The van der Waals surface area contributed by atoms with Crippen LogP contribution in [0, 0.1) is 13.8 Å². The Morgan fingerprint density at radius 3 is 2.38 bits per heavy atom. The lowest BCUT2D eigenvalue weighted by Gasteiger charge is -2.56. The SMILES string of the molecule is Cc1cccc(-c2ccc(C3C(CO)N4C/C=C\CN(S(=O)(=O)C5CN(C)NC5C(F)(F)F)CC34)cc2)c1C. The molecule has 5 atom stereocenters. The van der Waals surface area contributed by atoms with Crippen molar-refractivity contribution in [2.24, 2.45) is 0 Å². The molecule has 3 aliphatic heterocycles. The number of sulfonamides is 1. The first-order valence-electron chi connectivity index (χ1n) is 13.1. The first-order valence-corrected chi connectivity index (χ1v) is 14.6. The highest BCUT2D eigenvalue weighted by atomic mass is 32.2. The average molecular weight is 565 g/mol. The van der Waals surface area contributed by atoms with Crippen molar-refractivity contribution in [3.05, 3.63) is 71.3 Å². The number of halogens is 3. The number of alkyl halides is 3. The van der Waals surface area contributed by atoms with E-state index in [0.717, 1.165) is 16.7 Å². The lowest BCUT2D eigenvalue weighted by molar-refractivity contribution is -0.155. The Balaban J connectivity index is 1.43. The maximum Gasteiger partial charge on any atom is 0.406 e. The van der Waals surface area contributed by atoms with Crippen molar-refractivity contribution >= 4 is 10.0 Å². The number of aliphatic hydroxyl groups is 1. The third-order valence-electron chi connectivity index (χ3n) is 8.54. The molecule has 3 aliphatic rings. The molecule has 7 nitrogen and oxygen atoms in total. The minimum atomic E-state index is -4.70. The van der Waals surface area contributed by atoms with Crippen molar-refractivity contribution in [2.75, 3.05) is 39.8 Å². The monoisotopic (exact) mass is 564 g/mol. The molecule has 3 heterocycles. The number of benzene rings is 2. The minimum Gasteiger partial charge on any atom is -0.395 e. The second kappa shape index (κ2) is 10.6. The zero-order chi connectivity index (χ0) is 28.1. The number of nitrogens with zero attached hydrogens (tertiary/aromatic N) is 3. The van der Waals surface area contributed by atoms with E-state index in [4.69, 9.17) is 0 Å². The van der Waals surface area contributed by atoms with Gasteiger partial charge in [0.25, 0.3) is 0 Å². The van der Waals surface area contributed by atoms with Gasteiger partial charge in [0.15, 0.2) is 0 Å². The number of rotatable bonds is 5. The van der Waals surface area contributed by atoms with Crippen LogP contribution in [0.3, 0.4) is 0 Å². The van der Waals surface area contributed by atoms with Gasteiger partial charge in [0.05, 0.1) is 6.61 Å². The molecule has 2 fully saturated rings. The first kappa shape index (κ1) is 28.3. The fourth-order valence-electron chi connectivity index (χ4n) is 6.28. The molecular formula is C28H35F3N4O3S. The van der Waals surface area contributed by atoms with Crippen molar-refractivity contribution in [1.29, 1.82) is 0 Å². The van der Waals surface area contributed by atoms with Gasteiger partial charge >= 0.3 is 6.18 Å². The molecule has 0 spiro atoms. The maximum absolute atomic E-state index is 13.7. The summed E-state index contributed by atoms with van der Waals surface area (Å²) in [6, 6.07) is 11.6. The molecule has 0 amide bonds. The van der Waals surface area contributed by atoms with Gasteiger partial charge in [-0.2, -0.15) is 17.5 Å². The summed E-state index contributed by atoms with van der Waals surface area (Å²) in [5.74, 6) is -0.158. The number of aliphatic hydroxyl groups excluding tert-OH is 1. The van der Waals surface area contributed by atoms with Crippen molar-refractivity contribution in [3.63, 3.8) is 0 Å². The van der Waals surface area contributed by atoms with Crippen molar-refractivity contribution in [1.82, 2.24) is 19.6 Å². The Bertz CT molecular complexity index is 1330. The molecule has 2 aromatic carbocycles. The zero-order valence-electron chi connectivity index (χ0n) is 22.3. The first-order chi connectivity index (χ1) is 18.4. The lowest BCUT2D eigenvalue weighted by atomic mass is 9.74. The van der Waals surface area contributed by atoms with E-state index in [1.54, 1.807) is 6.08 Å². The molecule has 11 heteroatoms. The minimum absolute atomic E-state index is 0.0134. The Kier molecular flexibility index (Phi) is 7.68. The standard InChI is InChI=1S/C28H35F3N4O3S/c1-18-7-6-8-22(19(18)2)20-9-11-21(12-10-20)26-23-15-34(13-4-5-14-35(23)24(26)17-36)39(37,38)25-16-33(3)32-27(25)28(29,30)31/h4-12,23-27,32,36H,13-17H2,1-3H3/b5-4-. The van der Waals surface area contributed by atoms with Gasteiger partial charge in [-0.05, 0) is 41.7 Å². The fraction of sp³-hybridized carbons (Fsp3) is 0.500. The Labute approximate surface area is 227 Å². The van der Waals surface area contributed by atoms with E-state index < -0.39 is 27.5 Å². The van der Waals surface area contributed by atoms with Gasteiger partial charge in [0, 0.05) is 51.2 Å². The van der Waals surface area contributed by atoms with Crippen LogP contribution in [0.2, 0.25) is 0 Å². The van der Waals surface area contributed by atoms with Crippen LogP contribution < -0.4 is 5.43 Å². The Morgan fingerprint density at radius 1 is 1.03 bits per heavy atom. The molecule has 0 bridgehead atoms. The molecule has 39 heavy (non-hydrogen) atoms. The molecule has 212 valence electrons. The molecule has 5 rings (SSSR count). The van der Waals surface area contributed by atoms with Crippen molar-refractivity contribution in [2.45, 2.75) is 49.3 Å². The topological polar surface area (TPSA) is 76.1 Å². The summed E-state index contributed by atoms with van der Waals surface area (Å²) >= 11 is 0. The van der Waals surface area contributed by atoms with Gasteiger partial charge in [-0.3, -0.25) is 4.90 Å². The lowest BCUT2D eigenvalue weighted by Crippen LogP contribution is -2.68. The van der Waals surface area contributed by atoms with Gasteiger partial charge in [-0.15, -0.1) is 0 Å². The molecule has 0 aliphatic carbocycles. The van der Waals surface area contributed by atoms with Gasteiger partial charge in [-0.25, -0.2) is 18.9 Å². The number of aryl methyl sites for hydroxylation is 1. The number of hydrazine groups is 1. The van der Waals surface area contributed by atoms with Crippen molar-refractivity contribution in [3.8, 4) is 11.1 Å². The summed E-state index contributed by atoms with van der Waals surface area (Å²) in [5, 5.41) is 9.78. The quantitative estimate of drug-likeness (QED) is 0.544. The summed E-state index contributed by atoms with van der Waals surface area (Å²) in [6.45, 7) is 4.40. The smallest absolute Gasteiger partial charge is 0.395 e. The highest BCUT2D eigenvalue weighted by Crippen LogP contribution is 2.43. The van der Waals surface area contributed by atoms with Crippen LogP contribution in [0.4, 0.5) is 13.2 Å². The summed E-state index contributed by atoms with van der Waals surface area (Å²) in [4.78, 5) is 2.04.